The zero-order valence-electron chi connectivity index (χ0n) is 19.4. The summed E-state index contributed by atoms with van der Waals surface area (Å²) in [5.74, 6) is -0.211. The molecule has 0 aliphatic carbocycles. The van der Waals surface area contributed by atoms with Crippen molar-refractivity contribution in [3.05, 3.63) is 73.7 Å². The van der Waals surface area contributed by atoms with Gasteiger partial charge in [-0.2, -0.15) is 0 Å². The van der Waals surface area contributed by atoms with E-state index in [-0.39, 0.29) is 18.0 Å². The Morgan fingerprint density at radius 3 is 2.67 bits per heavy atom. The van der Waals surface area contributed by atoms with Gasteiger partial charge in [-0.05, 0) is 75.3 Å². The van der Waals surface area contributed by atoms with Crippen LogP contribution in [0.1, 0.15) is 58.9 Å². The molecule has 176 valence electrons. The number of aromatic nitrogens is 1. The fraction of sp³-hybridized carbons (Fsp3) is 0.462. The highest BCUT2D eigenvalue weighted by Crippen LogP contribution is 2.33. The Balaban J connectivity index is 1.74. The summed E-state index contributed by atoms with van der Waals surface area (Å²) in [5, 5.41) is 3.52. The van der Waals surface area contributed by atoms with E-state index in [1.807, 2.05) is 19.1 Å². The molecule has 3 heterocycles. The molecule has 4 rings (SSSR count). The second-order valence-electron chi connectivity index (χ2n) is 8.76. The van der Waals surface area contributed by atoms with E-state index in [0.29, 0.717) is 28.6 Å². The van der Waals surface area contributed by atoms with Gasteiger partial charge in [0.15, 0.2) is 0 Å². The fourth-order valence-electron chi connectivity index (χ4n) is 4.94. The van der Waals surface area contributed by atoms with Crippen LogP contribution in [0.2, 0.25) is 5.02 Å². The van der Waals surface area contributed by atoms with E-state index in [1.165, 1.54) is 0 Å². The number of aromatic amines is 1. The number of amides is 1. The summed E-state index contributed by atoms with van der Waals surface area (Å²) in [5.41, 5.74) is 4.83. The molecule has 0 saturated carbocycles. The monoisotopic (exact) mass is 469 g/mol. The predicted molar refractivity (Wildman–Crippen MR) is 132 cm³/mol. The number of carbonyl (C=O) groups is 1. The first-order chi connectivity index (χ1) is 16.0. The van der Waals surface area contributed by atoms with Crippen LogP contribution in [0.4, 0.5) is 5.69 Å². The number of hydrogen-bond acceptors (Lipinski definition) is 4. The third-order valence-electron chi connectivity index (χ3n) is 6.58. The Kier molecular flexibility index (Phi) is 7.56. The van der Waals surface area contributed by atoms with Crippen molar-refractivity contribution in [2.45, 2.75) is 58.5 Å². The van der Waals surface area contributed by atoms with E-state index in [2.05, 4.69) is 34.3 Å². The number of hydrogen-bond donors (Lipinski definition) is 2. The molecular formula is C26H32ClN3O3. The Bertz CT molecular complexity index is 1100. The average Bonchev–Trinajstić information content (AvgIpc) is 2.79. The summed E-state index contributed by atoms with van der Waals surface area (Å²) in [6.45, 7) is 6.52. The minimum absolute atomic E-state index is 0.143. The molecule has 0 bridgehead atoms. The van der Waals surface area contributed by atoms with Crippen LogP contribution in [0.25, 0.3) is 0 Å². The largest absolute Gasteiger partial charge is 0.381 e. The second kappa shape index (κ2) is 10.6. The number of allylic oxidation sites excluding steroid dienone is 2. The zero-order chi connectivity index (χ0) is 23.4. The first-order valence-electron chi connectivity index (χ1n) is 11.8. The Labute approximate surface area is 200 Å². The van der Waals surface area contributed by atoms with Gasteiger partial charge >= 0.3 is 0 Å². The van der Waals surface area contributed by atoms with Crippen LogP contribution >= 0.6 is 11.6 Å². The SMILES string of the molecule is CCN(c1cc(Cl)cc2c1C/C=C/CCc1cc(C)[nH]c(=O)c1CNC2=O)C1CCOCC1. The maximum atomic E-state index is 13.4. The number of fused-ring (bicyclic) bond motifs is 2. The molecule has 2 aromatic rings. The van der Waals surface area contributed by atoms with E-state index in [9.17, 15) is 9.59 Å². The van der Waals surface area contributed by atoms with Gasteiger partial charge in [-0.3, -0.25) is 9.59 Å². The molecule has 2 aliphatic heterocycles. The Morgan fingerprint density at radius 2 is 1.91 bits per heavy atom. The lowest BCUT2D eigenvalue weighted by atomic mass is 9.96. The van der Waals surface area contributed by atoms with Crippen molar-refractivity contribution in [3.8, 4) is 0 Å². The molecule has 2 aliphatic rings. The molecule has 0 atom stereocenters. The van der Waals surface area contributed by atoms with Crippen molar-refractivity contribution >= 4 is 23.2 Å². The molecule has 1 fully saturated rings. The van der Waals surface area contributed by atoms with Gasteiger partial charge in [0.05, 0.1) is 0 Å². The quantitative estimate of drug-likeness (QED) is 0.656. The molecule has 6 nitrogen and oxygen atoms in total. The van der Waals surface area contributed by atoms with Gasteiger partial charge in [0.25, 0.3) is 11.5 Å². The maximum absolute atomic E-state index is 13.4. The van der Waals surface area contributed by atoms with Crippen molar-refractivity contribution in [2.75, 3.05) is 24.7 Å². The molecule has 7 heteroatoms. The fourth-order valence-corrected chi connectivity index (χ4v) is 5.15. The van der Waals surface area contributed by atoms with Crippen molar-refractivity contribution in [3.63, 3.8) is 0 Å². The number of benzene rings is 1. The van der Waals surface area contributed by atoms with Crippen LogP contribution < -0.4 is 15.8 Å². The number of carbonyl (C=O) groups excluding carboxylic acids is 1. The maximum Gasteiger partial charge on any atom is 0.253 e. The van der Waals surface area contributed by atoms with Gasteiger partial charge in [0.1, 0.15) is 0 Å². The highest BCUT2D eigenvalue weighted by atomic mass is 35.5. The lowest BCUT2D eigenvalue weighted by molar-refractivity contribution is 0.0845. The smallest absolute Gasteiger partial charge is 0.253 e. The van der Waals surface area contributed by atoms with Gasteiger partial charge in [-0.1, -0.05) is 23.8 Å². The molecule has 0 spiro atoms. The van der Waals surface area contributed by atoms with Crippen LogP contribution in [0.15, 0.2) is 35.1 Å². The zero-order valence-corrected chi connectivity index (χ0v) is 20.1. The highest BCUT2D eigenvalue weighted by molar-refractivity contribution is 6.31. The van der Waals surface area contributed by atoms with E-state index >= 15 is 0 Å². The summed E-state index contributed by atoms with van der Waals surface area (Å²) in [4.78, 5) is 31.2. The first-order valence-corrected chi connectivity index (χ1v) is 12.2. The summed E-state index contributed by atoms with van der Waals surface area (Å²) in [6, 6.07) is 6.08. The predicted octanol–water partition coefficient (Wildman–Crippen LogP) is 4.32. The van der Waals surface area contributed by atoms with Gasteiger partial charge in [-0.15, -0.1) is 0 Å². The lowest BCUT2D eigenvalue weighted by Crippen LogP contribution is -2.40. The molecule has 1 aromatic heterocycles. The third-order valence-corrected chi connectivity index (χ3v) is 6.79. The van der Waals surface area contributed by atoms with E-state index in [0.717, 1.165) is 68.0 Å². The van der Waals surface area contributed by atoms with Crippen LogP contribution in [0, 0.1) is 6.92 Å². The van der Waals surface area contributed by atoms with Crippen molar-refractivity contribution in [2.24, 2.45) is 0 Å². The van der Waals surface area contributed by atoms with E-state index < -0.39 is 0 Å². The molecule has 1 amide bonds. The molecule has 33 heavy (non-hydrogen) atoms. The summed E-state index contributed by atoms with van der Waals surface area (Å²) in [7, 11) is 0. The third kappa shape index (κ3) is 5.33. The number of nitrogens with one attached hydrogen (secondary N) is 2. The van der Waals surface area contributed by atoms with Gasteiger partial charge < -0.3 is 19.9 Å². The number of ether oxygens (including phenoxy) is 1. The molecule has 0 radical (unpaired) electrons. The lowest BCUT2D eigenvalue weighted by Gasteiger charge is -2.37. The first kappa shape index (κ1) is 23.6. The van der Waals surface area contributed by atoms with Crippen LogP contribution in [0.5, 0.6) is 0 Å². The molecule has 1 aromatic carbocycles. The van der Waals surface area contributed by atoms with E-state index in [1.54, 1.807) is 6.07 Å². The topological polar surface area (TPSA) is 74.4 Å². The van der Waals surface area contributed by atoms with E-state index in [4.69, 9.17) is 16.3 Å². The summed E-state index contributed by atoms with van der Waals surface area (Å²) < 4.78 is 5.57. The number of halogens is 1. The normalized spacial score (nSPS) is 18.3. The average molecular weight is 470 g/mol. The molecular weight excluding hydrogens is 438 g/mol. The Hall–Kier alpha value is -2.57. The van der Waals surface area contributed by atoms with Gasteiger partial charge in [0.2, 0.25) is 0 Å². The standard InChI is InChI=1S/C26H32ClN3O3/c1-3-30(20-9-11-33-12-10-20)24-15-19(27)14-22-21(24)8-6-4-5-7-18-13-17(2)29-26(32)23(18)16-28-25(22)31/h4,6,13-15,20H,3,5,7-12,16H2,1-2H3,(H,28,31)(H,29,32)/b6-4+. The van der Waals surface area contributed by atoms with Crippen LogP contribution in [-0.4, -0.2) is 36.7 Å². The molecule has 1 saturated heterocycles. The van der Waals surface area contributed by atoms with Gasteiger partial charge in [-0.25, -0.2) is 0 Å². The van der Waals surface area contributed by atoms with Crippen molar-refractivity contribution in [1.82, 2.24) is 10.3 Å². The second-order valence-corrected chi connectivity index (χ2v) is 9.20. The number of rotatable bonds is 3. The molecule has 0 unspecified atom stereocenters. The summed E-state index contributed by atoms with van der Waals surface area (Å²) >= 11 is 6.53. The van der Waals surface area contributed by atoms with Gasteiger partial charge in [0, 0.05) is 59.9 Å². The number of H-pyrrole nitrogens is 1. The number of nitrogens with zero attached hydrogens (tertiary/aromatic N) is 1. The number of anilines is 1. The van der Waals surface area contributed by atoms with Crippen LogP contribution in [0.3, 0.4) is 0 Å². The Morgan fingerprint density at radius 1 is 1.12 bits per heavy atom. The van der Waals surface area contributed by atoms with Crippen molar-refractivity contribution in [1.29, 1.82) is 0 Å². The minimum atomic E-state index is -0.211. The summed E-state index contributed by atoms with van der Waals surface area (Å²) in [6.07, 6.45) is 8.42. The highest BCUT2D eigenvalue weighted by Gasteiger charge is 2.26. The number of pyridine rings is 1. The van der Waals surface area contributed by atoms with Crippen LogP contribution in [-0.2, 0) is 24.1 Å². The number of aryl methyl sites for hydroxylation is 2. The van der Waals surface area contributed by atoms with Crippen molar-refractivity contribution < 1.29 is 9.53 Å². The minimum Gasteiger partial charge on any atom is -0.381 e. The molecule has 2 N–H and O–H groups in total.